The second-order valence-corrected chi connectivity index (χ2v) is 8.86. The van der Waals surface area contributed by atoms with E-state index in [1.807, 2.05) is 0 Å². The summed E-state index contributed by atoms with van der Waals surface area (Å²) >= 11 is 0. The van der Waals surface area contributed by atoms with Crippen LogP contribution < -0.4 is 14.5 Å². The number of piperidine rings is 2. The zero-order valence-electron chi connectivity index (χ0n) is 17.2. The van der Waals surface area contributed by atoms with Crippen molar-refractivity contribution in [2.75, 3.05) is 30.9 Å². The van der Waals surface area contributed by atoms with E-state index in [-0.39, 0.29) is 6.23 Å². The number of rotatable bonds is 3. The quantitative estimate of drug-likeness (QED) is 0.774. The molecule has 0 saturated carbocycles. The molecule has 2 aromatic rings. The molecule has 4 nitrogen and oxygen atoms in total. The molecule has 0 aromatic heterocycles. The third-order valence-corrected chi connectivity index (χ3v) is 7.04. The van der Waals surface area contributed by atoms with Crippen molar-refractivity contribution in [2.24, 2.45) is 0 Å². The average molecular weight is 378 g/mol. The molecule has 3 unspecified atom stereocenters. The summed E-state index contributed by atoms with van der Waals surface area (Å²) in [5.41, 5.74) is 3.72. The lowest BCUT2D eigenvalue weighted by Crippen LogP contribution is -2.55. The maximum atomic E-state index is 6.51. The fourth-order valence-electron chi connectivity index (χ4n) is 5.44. The van der Waals surface area contributed by atoms with Crippen molar-refractivity contribution in [3.8, 4) is 5.75 Å². The van der Waals surface area contributed by atoms with Gasteiger partial charge in [0.2, 0.25) is 0 Å². The maximum absolute atomic E-state index is 6.51. The number of hydrogen-bond acceptors (Lipinski definition) is 4. The van der Waals surface area contributed by atoms with Crippen LogP contribution in [-0.2, 0) is 0 Å². The molecule has 2 aromatic carbocycles. The highest BCUT2D eigenvalue weighted by Gasteiger charge is 2.43. The van der Waals surface area contributed by atoms with E-state index in [4.69, 9.17) is 4.74 Å². The van der Waals surface area contributed by atoms with Gasteiger partial charge >= 0.3 is 0 Å². The van der Waals surface area contributed by atoms with E-state index in [9.17, 15) is 0 Å². The third kappa shape index (κ3) is 2.95. The predicted octanol–water partition coefficient (Wildman–Crippen LogP) is 4.67. The Morgan fingerprint density at radius 1 is 0.893 bits per heavy atom. The summed E-state index contributed by atoms with van der Waals surface area (Å²) in [5.74, 6) is 1.02. The summed E-state index contributed by atoms with van der Waals surface area (Å²) in [6.45, 7) is 0. The summed E-state index contributed by atoms with van der Waals surface area (Å²) in [6, 6.07) is 19.4. The Hall–Kier alpha value is -2.20. The Morgan fingerprint density at radius 3 is 2.25 bits per heavy atom. The Bertz CT molecular complexity index is 820. The van der Waals surface area contributed by atoms with E-state index in [0.29, 0.717) is 18.1 Å². The third-order valence-electron chi connectivity index (χ3n) is 7.04. The molecule has 148 valence electrons. The molecule has 3 atom stereocenters. The first kappa shape index (κ1) is 17.9. The zero-order valence-corrected chi connectivity index (χ0v) is 17.2. The highest BCUT2D eigenvalue weighted by molar-refractivity contribution is 5.64. The number of nitrogens with zero attached hydrogens (tertiary/aromatic N) is 3. The second kappa shape index (κ2) is 7.00. The van der Waals surface area contributed by atoms with Gasteiger partial charge in [0, 0.05) is 43.5 Å². The van der Waals surface area contributed by atoms with E-state index in [0.717, 1.165) is 5.75 Å². The molecule has 2 bridgehead atoms. The molecule has 2 fully saturated rings. The minimum Gasteiger partial charge on any atom is -0.464 e. The van der Waals surface area contributed by atoms with Gasteiger partial charge in [-0.05, 0) is 57.0 Å². The van der Waals surface area contributed by atoms with Crippen LogP contribution in [0.4, 0.5) is 11.4 Å². The lowest BCUT2D eigenvalue weighted by molar-refractivity contribution is 0.0482. The average Bonchev–Trinajstić information content (AvgIpc) is 3.07. The van der Waals surface area contributed by atoms with Gasteiger partial charge in [-0.1, -0.05) is 30.7 Å². The molecule has 0 amide bonds. The number of hydrogen-bond donors (Lipinski definition) is 0. The summed E-state index contributed by atoms with van der Waals surface area (Å²) in [4.78, 5) is 7.37. The number of fused-ring (bicyclic) bond motifs is 3. The fourth-order valence-corrected chi connectivity index (χ4v) is 5.44. The largest absolute Gasteiger partial charge is 0.464 e. The van der Waals surface area contributed by atoms with Crippen LogP contribution >= 0.6 is 0 Å². The van der Waals surface area contributed by atoms with Gasteiger partial charge < -0.3 is 19.4 Å². The van der Waals surface area contributed by atoms with E-state index in [1.54, 1.807) is 0 Å². The molecular formula is C24H31N3O. The molecule has 28 heavy (non-hydrogen) atoms. The lowest BCUT2D eigenvalue weighted by Gasteiger charge is -2.50. The molecule has 2 saturated heterocycles. The van der Waals surface area contributed by atoms with Crippen molar-refractivity contribution in [1.29, 1.82) is 0 Å². The first-order valence-electron chi connectivity index (χ1n) is 10.6. The van der Waals surface area contributed by atoms with Crippen molar-refractivity contribution in [3.05, 3.63) is 54.1 Å². The monoisotopic (exact) mass is 377 g/mol. The van der Waals surface area contributed by atoms with Crippen LogP contribution in [0.1, 0.15) is 43.9 Å². The lowest BCUT2D eigenvalue weighted by atomic mass is 9.81. The van der Waals surface area contributed by atoms with Crippen molar-refractivity contribution in [2.45, 2.75) is 56.5 Å². The second-order valence-electron chi connectivity index (χ2n) is 8.86. The van der Waals surface area contributed by atoms with Crippen LogP contribution in [0.25, 0.3) is 0 Å². The molecule has 4 heteroatoms. The minimum atomic E-state index is -0.0252. The fraction of sp³-hybridized carbons (Fsp3) is 0.500. The van der Waals surface area contributed by atoms with Crippen LogP contribution in [0.15, 0.2) is 48.5 Å². The summed E-state index contributed by atoms with van der Waals surface area (Å²) < 4.78 is 6.51. The zero-order chi connectivity index (χ0) is 19.3. The molecular weight excluding hydrogens is 346 g/mol. The number of benzene rings is 2. The van der Waals surface area contributed by atoms with Crippen LogP contribution in [0, 0.1) is 0 Å². The van der Waals surface area contributed by atoms with Gasteiger partial charge in [0.15, 0.2) is 6.23 Å². The normalized spacial score (nSPS) is 29.3. The molecule has 0 radical (unpaired) electrons. The van der Waals surface area contributed by atoms with Gasteiger partial charge in [-0.2, -0.15) is 0 Å². The topological polar surface area (TPSA) is 19.0 Å². The van der Waals surface area contributed by atoms with Gasteiger partial charge in [-0.15, -0.1) is 0 Å². The van der Waals surface area contributed by atoms with Gasteiger partial charge in [0.05, 0.1) is 5.69 Å². The number of anilines is 2. The Morgan fingerprint density at radius 2 is 1.57 bits per heavy atom. The first-order valence-corrected chi connectivity index (χ1v) is 10.6. The number of ether oxygens (including phenoxy) is 1. The highest BCUT2D eigenvalue weighted by atomic mass is 16.5. The Balaban J connectivity index is 1.49. The van der Waals surface area contributed by atoms with Crippen molar-refractivity contribution in [3.63, 3.8) is 0 Å². The van der Waals surface area contributed by atoms with Crippen molar-refractivity contribution >= 4 is 11.4 Å². The van der Waals surface area contributed by atoms with Gasteiger partial charge in [0.25, 0.3) is 0 Å². The first-order chi connectivity index (χ1) is 13.6. The highest BCUT2D eigenvalue weighted by Crippen LogP contribution is 2.48. The van der Waals surface area contributed by atoms with Crippen LogP contribution in [-0.4, -0.2) is 44.2 Å². The Kier molecular flexibility index (Phi) is 4.47. The van der Waals surface area contributed by atoms with E-state index < -0.39 is 0 Å². The molecule has 0 N–H and O–H groups in total. The van der Waals surface area contributed by atoms with Crippen LogP contribution in [0.5, 0.6) is 5.75 Å². The summed E-state index contributed by atoms with van der Waals surface area (Å²) in [7, 11) is 6.50. The van der Waals surface area contributed by atoms with E-state index >= 15 is 0 Å². The minimum absolute atomic E-state index is 0.0252. The van der Waals surface area contributed by atoms with Gasteiger partial charge in [-0.25, -0.2) is 0 Å². The molecule has 5 rings (SSSR count). The molecule has 0 spiro atoms. The van der Waals surface area contributed by atoms with Crippen LogP contribution in [0.2, 0.25) is 0 Å². The standard InChI is InChI=1S/C24H31N3O/c1-25(2)18-13-11-17(12-14-18)24-27(22-9-4-5-10-23(22)28-24)21-15-19-7-6-8-20(16-21)26(19)3/h4-5,9-14,19-21,24H,6-8,15-16H2,1-3H3. The summed E-state index contributed by atoms with van der Waals surface area (Å²) in [5, 5.41) is 0. The number of para-hydroxylation sites is 2. The SMILES string of the molecule is CN(C)c1ccc(C2Oc3ccccc3N2C2CC3CCCC(C2)N3C)cc1. The molecule has 3 heterocycles. The molecule has 3 aliphatic heterocycles. The molecule has 0 aliphatic carbocycles. The van der Waals surface area contributed by atoms with Gasteiger partial charge in [-0.3, -0.25) is 0 Å². The smallest absolute Gasteiger partial charge is 0.199 e. The Labute approximate surface area is 168 Å². The van der Waals surface area contributed by atoms with E-state index in [2.05, 4.69) is 84.4 Å². The predicted molar refractivity (Wildman–Crippen MR) is 115 cm³/mol. The maximum Gasteiger partial charge on any atom is 0.199 e. The van der Waals surface area contributed by atoms with Crippen molar-refractivity contribution in [1.82, 2.24) is 4.90 Å². The van der Waals surface area contributed by atoms with Crippen LogP contribution in [0.3, 0.4) is 0 Å². The summed E-state index contributed by atoms with van der Waals surface area (Å²) in [6.07, 6.45) is 6.50. The van der Waals surface area contributed by atoms with Crippen molar-refractivity contribution < 1.29 is 4.74 Å². The molecule has 3 aliphatic rings. The van der Waals surface area contributed by atoms with Gasteiger partial charge in [0.1, 0.15) is 5.75 Å². The van der Waals surface area contributed by atoms with E-state index in [1.165, 1.54) is 49.0 Å².